The van der Waals surface area contributed by atoms with Crippen molar-refractivity contribution in [2.45, 2.75) is 115 Å². The SMILES string of the molecule is C#CC1(CO[P@@](=O)(NC(Cc2ccccc2)C(=O)OCC(CC)CC)Oc2ccccc2)OC(n2cnc3c(N)nc(F)nc32)CC1OC(=O)CCCCCCCC. The summed E-state index contributed by atoms with van der Waals surface area (Å²) >= 11 is 0. The molecule has 58 heavy (non-hydrogen) atoms. The number of aromatic nitrogens is 4. The van der Waals surface area contributed by atoms with Crippen LogP contribution < -0.4 is 15.3 Å². The van der Waals surface area contributed by atoms with Crippen molar-refractivity contribution in [3.05, 3.63) is 78.6 Å². The average Bonchev–Trinajstić information content (AvgIpc) is 3.81. The molecule has 4 unspecified atom stereocenters. The molecule has 16 heteroatoms. The lowest BCUT2D eigenvalue weighted by Crippen LogP contribution is -2.46. The molecule has 0 amide bonds. The Bertz CT molecular complexity index is 2030. The van der Waals surface area contributed by atoms with Gasteiger partial charge in [-0.3, -0.25) is 18.7 Å². The lowest BCUT2D eigenvalue weighted by atomic mass is 9.98. The predicted octanol–water partition coefficient (Wildman–Crippen LogP) is 7.88. The molecule has 3 heterocycles. The van der Waals surface area contributed by atoms with Gasteiger partial charge in [0.05, 0.1) is 12.9 Å². The van der Waals surface area contributed by atoms with Crippen molar-refractivity contribution >= 4 is 36.7 Å². The number of nitrogens with two attached hydrogens (primary N) is 1. The smallest absolute Gasteiger partial charge is 0.459 e. The maximum absolute atomic E-state index is 15.0. The third kappa shape index (κ3) is 11.9. The van der Waals surface area contributed by atoms with Gasteiger partial charge in [0.2, 0.25) is 0 Å². The van der Waals surface area contributed by atoms with Gasteiger partial charge in [0.15, 0.2) is 22.6 Å². The van der Waals surface area contributed by atoms with E-state index in [0.717, 1.165) is 50.5 Å². The molecule has 2 aromatic heterocycles. The molecule has 0 spiro atoms. The van der Waals surface area contributed by atoms with E-state index in [2.05, 4.69) is 32.9 Å². The predicted molar refractivity (Wildman–Crippen MR) is 217 cm³/mol. The second-order valence-corrected chi connectivity index (χ2v) is 16.1. The van der Waals surface area contributed by atoms with Gasteiger partial charge in [0.1, 0.15) is 30.7 Å². The van der Waals surface area contributed by atoms with E-state index in [-0.39, 0.29) is 54.5 Å². The number of fused-ring (bicyclic) bond motifs is 1. The van der Waals surface area contributed by atoms with E-state index in [1.54, 1.807) is 30.3 Å². The number of unbranched alkanes of at least 4 members (excludes halogenated alkanes) is 5. The topological polar surface area (TPSA) is 179 Å². The van der Waals surface area contributed by atoms with Gasteiger partial charge in [-0.2, -0.15) is 19.4 Å². The fraction of sp³-hybridized carbons (Fsp3) is 0.500. The zero-order valence-electron chi connectivity index (χ0n) is 33.4. The Kier molecular flexibility index (Phi) is 16.2. The van der Waals surface area contributed by atoms with Crippen molar-refractivity contribution in [2.24, 2.45) is 5.92 Å². The van der Waals surface area contributed by atoms with Crippen LogP contribution in [0.1, 0.15) is 96.8 Å². The number of para-hydroxylation sites is 1. The maximum Gasteiger partial charge on any atom is 0.459 e. The standard InChI is InChI=1S/C42H54FN6O8P/c1-5-9-10-11-12-19-24-36(50)55-34-26-35(49-29-45-37-38(44)46-41(43)47-39(37)49)56-42(34,8-4)28-54-58(52,57-32-22-17-14-18-23-32)48-33(25-31-20-15-13-16-21-31)40(51)53-27-30(6-2)7-3/h4,13-18,20-23,29-30,33-35H,5-7,9-12,19,24-28H2,1-3H3,(H,48,52)(H2,44,46,47)/t33?,34?,35?,42?,58-/m0/s1. The van der Waals surface area contributed by atoms with E-state index in [1.165, 1.54) is 10.9 Å². The number of hydrogen-bond acceptors (Lipinski definition) is 12. The zero-order valence-corrected chi connectivity index (χ0v) is 34.3. The molecule has 5 atom stereocenters. The Hall–Kier alpha value is -4.87. The van der Waals surface area contributed by atoms with Crippen LogP contribution in [0.15, 0.2) is 67.0 Å². The molecule has 0 radical (unpaired) electrons. The molecule has 0 bridgehead atoms. The van der Waals surface area contributed by atoms with Crippen LogP contribution in [0.2, 0.25) is 0 Å². The van der Waals surface area contributed by atoms with E-state index in [4.69, 9.17) is 35.4 Å². The fourth-order valence-corrected chi connectivity index (χ4v) is 8.20. The highest BCUT2D eigenvalue weighted by Gasteiger charge is 2.53. The summed E-state index contributed by atoms with van der Waals surface area (Å²) in [4.78, 5) is 38.8. The van der Waals surface area contributed by atoms with Crippen LogP contribution in [-0.4, -0.2) is 62.4 Å². The first-order chi connectivity index (χ1) is 28.0. The van der Waals surface area contributed by atoms with Crippen LogP contribution in [0.3, 0.4) is 0 Å². The summed E-state index contributed by atoms with van der Waals surface area (Å²) in [6.45, 7) is 5.71. The van der Waals surface area contributed by atoms with Gasteiger partial charge >= 0.3 is 25.8 Å². The minimum atomic E-state index is -4.55. The molecule has 2 aromatic carbocycles. The number of imidazole rings is 1. The quantitative estimate of drug-likeness (QED) is 0.0243. The molecule has 1 aliphatic heterocycles. The number of terminal acetylenes is 1. The lowest BCUT2D eigenvalue weighted by Gasteiger charge is -2.31. The number of ether oxygens (including phenoxy) is 3. The van der Waals surface area contributed by atoms with Crippen molar-refractivity contribution in [1.29, 1.82) is 0 Å². The minimum Gasteiger partial charge on any atom is -0.464 e. The number of benzene rings is 2. The van der Waals surface area contributed by atoms with Gasteiger partial charge in [-0.05, 0) is 36.5 Å². The summed E-state index contributed by atoms with van der Waals surface area (Å²) < 4.78 is 61.2. The lowest BCUT2D eigenvalue weighted by molar-refractivity contribution is -0.158. The Labute approximate surface area is 339 Å². The number of rotatable bonds is 23. The molecule has 4 aromatic rings. The van der Waals surface area contributed by atoms with Gasteiger partial charge in [0.25, 0.3) is 0 Å². The highest BCUT2D eigenvalue weighted by molar-refractivity contribution is 7.52. The Morgan fingerprint density at radius 1 is 1.05 bits per heavy atom. The van der Waals surface area contributed by atoms with Crippen LogP contribution in [0.25, 0.3) is 11.2 Å². The number of nitrogen functional groups attached to an aromatic ring is 1. The first kappa shape index (κ1) is 44.2. The number of esters is 2. The van der Waals surface area contributed by atoms with E-state index in [0.29, 0.717) is 6.42 Å². The number of nitrogens with zero attached hydrogens (tertiary/aromatic N) is 4. The number of carbonyl (C=O) groups excluding carboxylic acids is 2. The normalized spacial score (nSPS) is 19.4. The van der Waals surface area contributed by atoms with Gasteiger partial charge in [-0.15, -0.1) is 6.42 Å². The highest BCUT2D eigenvalue weighted by atomic mass is 31.2. The Morgan fingerprint density at radius 2 is 1.74 bits per heavy atom. The second kappa shape index (κ2) is 21.2. The van der Waals surface area contributed by atoms with E-state index in [9.17, 15) is 14.0 Å². The molecular formula is C42H54FN6O8P. The third-order valence-corrected chi connectivity index (χ3v) is 11.7. The minimum absolute atomic E-state index is 0.0243. The van der Waals surface area contributed by atoms with Crippen LogP contribution in [0.5, 0.6) is 5.75 Å². The van der Waals surface area contributed by atoms with Crippen LogP contribution >= 0.6 is 7.75 Å². The summed E-state index contributed by atoms with van der Waals surface area (Å²) in [7, 11) is -4.55. The molecule has 0 aliphatic carbocycles. The molecule has 312 valence electrons. The summed E-state index contributed by atoms with van der Waals surface area (Å²) in [5.74, 6) is 1.57. The van der Waals surface area contributed by atoms with E-state index >= 15 is 4.57 Å². The molecule has 1 fully saturated rings. The van der Waals surface area contributed by atoms with Crippen LogP contribution in [-0.2, 0) is 39.3 Å². The number of anilines is 1. The van der Waals surface area contributed by atoms with Crippen molar-refractivity contribution in [3.63, 3.8) is 0 Å². The van der Waals surface area contributed by atoms with Gasteiger partial charge in [-0.25, -0.2) is 9.55 Å². The van der Waals surface area contributed by atoms with Crippen LogP contribution in [0.4, 0.5) is 10.2 Å². The molecular weight excluding hydrogens is 766 g/mol. The molecule has 14 nitrogen and oxygen atoms in total. The number of carbonyl (C=O) groups is 2. The number of hydrogen-bond donors (Lipinski definition) is 2. The van der Waals surface area contributed by atoms with Crippen molar-refractivity contribution < 1.29 is 41.8 Å². The average molecular weight is 821 g/mol. The summed E-state index contributed by atoms with van der Waals surface area (Å²) in [5.41, 5.74) is 4.98. The van der Waals surface area contributed by atoms with Crippen molar-refractivity contribution in [3.8, 4) is 18.1 Å². The van der Waals surface area contributed by atoms with Gasteiger partial charge in [0, 0.05) is 12.8 Å². The summed E-state index contributed by atoms with van der Waals surface area (Å²) in [6, 6.07) is 16.3. The molecule has 5 rings (SSSR count). The monoisotopic (exact) mass is 820 g/mol. The van der Waals surface area contributed by atoms with E-state index in [1.807, 2.05) is 44.2 Å². The fourth-order valence-electron chi connectivity index (χ4n) is 6.68. The van der Waals surface area contributed by atoms with Crippen molar-refractivity contribution in [2.75, 3.05) is 18.9 Å². The number of nitrogens with one attached hydrogen (secondary N) is 1. The molecule has 0 saturated carbocycles. The van der Waals surface area contributed by atoms with Crippen molar-refractivity contribution in [1.82, 2.24) is 24.6 Å². The van der Waals surface area contributed by atoms with E-state index < -0.39 is 56.3 Å². The third-order valence-electron chi connectivity index (χ3n) is 10.2. The maximum atomic E-state index is 15.0. The summed E-state index contributed by atoms with van der Waals surface area (Å²) in [6.07, 6.45) is 11.9. The second-order valence-electron chi connectivity index (χ2n) is 14.4. The number of halogens is 1. The van der Waals surface area contributed by atoms with Crippen LogP contribution in [0, 0.1) is 24.3 Å². The van der Waals surface area contributed by atoms with Gasteiger partial charge < -0.3 is 24.5 Å². The Balaban J connectivity index is 1.45. The molecule has 1 saturated heterocycles. The zero-order chi connectivity index (χ0) is 41.5. The largest absolute Gasteiger partial charge is 0.464 e. The Morgan fingerprint density at radius 3 is 2.43 bits per heavy atom. The molecule has 1 aliphatic rings. The molecule has 3 N–H and O–H groups in total. The van der Waals surface area contributed by atoms with Gasteiger partial charge in [-0.1, -0.05) is 120 Å². The highest BCUT2D eigenvalue weighted by Crippen LogP contribution is 2.49. The first-order valence-corrected chi connectivity index (χ1v) is 21.5. The summed E-state index contributed by atoms with van der Waals surface area (Å²) in [5, 5.41) is 2.85. The first-order valence-electron chi connectivity index (χ1n) is 20.0.